The van der Waals surface area contributed by atoms with Gasteiger partial charge in [-0.15, -0.1) is 23.1 Å². The first kappa shape index (κ1) is 21.2. The quantitative estimate of drug-likeness (QED) is 0.321. The topological polar surface area (TPSA) is 64.5 Å². The lowest BCUT2D eigenvalue weighted by Crippen LogP contribution is -2.36. The van der Waals surface area contributed by atoms with E-state index in [0.717, 1.165) is 59.8 Å². The maximum absolute atomic E-state index is 11.6. The van der Waals surface area contributed by atoms with Gasteiger partial charge in [-0.1, -0.05) is 12.1 Å². The van der Waals surface area contributed by atoms with Crippen molar-refractivity contribution in [3.05, 3.63) is 51.7 Å². The van der Waals surface area contributed by atoms with E-state index in [-0.39, 0.29) is 5.97 Å². The number of fused-ring (bicyclic) bond motifs is 1. The molecule has 2 aromatic heterocycles. The fraction of sp³-hybridized carbons (Fsp3) is 0.409. The van der Waals surface area contributed by atoms with Crippen LogP contribution in [0.4, 0.5) is 0 Å². The normalized spacial score (nSPS) is 14.9. The molecular formula is C22H25N3O3S2. The lowest BCUT2D eigenvalue weighted by Gasteiger charge is -2.25. The van der Waals surface area contributed by atoms with E-state index < -0.39 is 0 Å². The Morgan fingerprint density at radius 1 is 1.20 bits per heavy atom. The second-order valence-electron chi connectivity index (χ2n) is 7.27. The third kappa shape index (κ3) is 4.67. The van der Waals surface area contributed by atoms with Crippen molar-refractivity contribution in [1.82, 2.24) is 14.9 Å². The summed E-state index contributed by atoms with van der Waals surface area (Å²) in [6, 6.07) is 7.55. The second kappa shape index (κ2) is 9.43. The highest BCUT2D eigenvalue weighted by Crippen LogP contribution is 2.36. The van der Waals surface area contributed by atoms with Gasteiger partial charge in [-0.3, -0.25) is 4.90 Å². The molecule has 1 aromatic carbocycles. The van der Waals surface area contributed by atoms with Gasteiger partial charge in [0.15, 0.2) is 0 Å². The van der Waals surface area contributed by atoms with E-state index in [4.69, 9.17) is 19.4 Å². The smallest absolute Gasteiger partial charge is 0.337 e. The molecule has 0 aliphatic carbocycles. The summed E-state index contributed by atoms with van der Waals surface area (Å²) in [5, 5.41) is 2.20. The van der Waals surface area contributed by atoms with Crippen molar-refractivity contribution in [3.63, 3.8) is 0 Å². The number of hydrogen-bond acceptors (Lipinski definition) is 8. The zero-order valence-corrected chi connectivity index (χ0v) is 19.1. The SMILES string of the molecule is COC(=O)c1ccc(CSc2nc(CN3CCOCC3)nc3sc(C)c(C)c23)cc1. The van der Waals surface area contributed by atoms with Crippen molar-refractivity contribution >= 4 is 39.3 Å². The van der Waals surface area contributed by atoms with Crippen LogP contribution in [0.25, 0.3) is 10.2 Å². The second-order valence-corrected chi connectivity index (χ2v) is 9.44. The van der Waals surface area contributed by atoms with E-state index in [1.807, 2.05) is 12.1 Å². The number of morpholine rings is 1. The van der Waals surface area contributed by atoms with Crippen LogP contribution < -0.4 is 0 Å². The van der Waals surface area contributed by atoms with Gasteiger partial charge in [-0.05, 0) is 37.1 Å². The highest BCUT2D eigenvalue weighted by Gasteiger charge is 2.18. The molecule has 0 unspecified atom stereocenters. The van der Waals surface area contributed by atoms with Gasteiger partial charge in [0.05, 0.1) is 32.4 Å². The Balaban J connectivity index is 1.57. The average molecular weight is 444 g/mol. The Labute approximate surface area is 184 Å². The predicted octanol–water partition coefficient (Wildman–Crippen LogP) is 4.22. The number of carbonyl (C=O) groups is 1. The molecule has 3 heterocycles. The Kier molecular flexibility index (Phi) is 6.67. The van der Waals surface area contributed by atoms with E-state index in [0.29, 0.717) is 5.56 Å². The molecule has 6 nitrogen and oxygen atoms in total. The summed E-state index contributed by atoms with van der Waals surface area (Å²) in [5.74, 6) is 1.33. The van der Waals surface area contributed by atoms with Gasteiger partial charge in [-0.2, -0.15) is 0 Å². The molecule has 0 bridgehead atoms. The van der Waals surface area contributed by atoms with Crippen LogP contribution in [0.3, 0.4) is 0 Å². The summed E-state index contributed by atoms with van der Waals surface area (Å²) in [4.78, 5) is 26.1. The number of methoxy groups -OCH3 is 1. The number of aryl methyl sites for hydroxylation is 2. The summed E-state index contributed by atoms with van der Waals surface area (Å²) in [5.41, 5.74) is 2.96. The molecule has 0 N–H and O–H groups in total. The number of carbonyl (C=O) groups excluding carboxylic acids is 1. The molecule has 1 aliphatic heterocycles. The molecule has 0 spiro atoms. The first-order valence-corrected chi connectivity index (χ1v) is 11.7. The van der Waals surface area contributed by atoms with Crippen molar-refractivity contribution in [2.75, 3.05) is 33.4 Å². The molecule has 0 saturated carbocycles. The van der Waals surface area contributed by atoms with Gasteiger partial charge in [-0.25, -0.2) is 14.8 Å². The van der Waals surface area contributed by atoms with Crippen LogP contribution in [-0.2, 0) is 21.8 Å². The van der Waals surface area contributed by atoms with Crippen LogP contribution in [0.1, 0.15) is 32.2 Å². The summed E-state index contributed by atoms with van der Waals surface area (Å²) < 4.78 is 10.2. The van der Waals surface area contributed by atoms with Gasteiger partial charge >= 0.3 is 5.97 Å². The Morgan fingerprint density at radius 2 is 1.93 bits per heavy atom. The van der Waals surface area contributed by atoms with E-state index in [9.17, 15) is 4.79 Å². The lowest BCUT2D eigenvalue weighted by molar-refractivity contribution is 0.0330. The van der Waals surface area contributed by atoms with Crippen LogP contribution in [0.2, 0.25) is 0 Å². The van der Waals surface area contributed by atoms with Gasteiger partial charge in [0.2, 0.25) is 0 Å². The fourth-order valence-electron chi connectivity index (χ4n) is 3.40. The van der Waals surface area contributed by atoms with Crippen LogP contribution in [0.5, 0.6) is 0 Å². The van der Waals surface area contributed by atoms with Gasteiger partial charge in [0.25, 0.3) is 0 Å². The fourth-order valence-corrected chi connectivity index (χ4v) is 5.57. The average Bonchev–Trinajstić information content (AvgIpc) is 3.06. The van der Waals surface area contributed by atoms with Crippen molar-refractivity contribution < 1.29 is 14.3 Å². The van der Waals surface area contributed by atoms with Crippen molar-refractivity contribution in [3.8, 4) is 0 Å². The van der Waals surface area contributed by atoms with E-state index in [2.05, 4.69) is 18.7 Å². The number of thioether (sulfide) groups is 1. The minimum atomic E-state index is -0.316. The summed E-state index contributed by atoms with van der Waals surface area (Å²) in [6.45, 7) is 8.40. The molecule has 1 aliphatic rings. The van der Waals surface area contributed by atoms with Crippen molar-refractivity contribution in [2.45, 2.75) is 31.2 Å². The first-order valence-electron chi connectivity index (χ1n) is 9.92. The number of aromatic nitrogens is 2. The number of esters is 1. The minimum absolute atomic E-state index is 0.316. The molecule has 3 aromatic rings. The maximum atomic E-state index is 11.6. The summed E-state index contributed by atoms with van der Waals surface area (Å²) >= 11 is 3.46. The summed E-state index contributed by atoms with van der Waals surface area (Å²) in [6.07, 6.45) is 0. The number of benzene rings is 1. The number of thiophene rings is 1. The Hall–Kier alpha value is -2.00. The zero-order chi connectivity index (χ0) is 21.1. The molecule has 8 heteroatoms. The van der Waals surface area contributed by atoms with Crippen LogP contribution >= 0.6 is 23.1 Å². The third-order valence-corrected chi connectivity index (χ3v) is 7.41. The van der Waals surface area contributed by atoms with Crippen molar-refractivity contribution in [1.29, 1.82) is 0 Å². The highest BCUT2D eigenvalue weighted by atomic mass is 32.2. The zero-order valence-electron chi connectivity index (χ0n) is 17.4. The number of nitrogens with zero attached hydrogens (tertiary/aromatic N) is 3. The lowest BCUT2D eigenvalue weighted by atomic mass is 10.1. The molecule has 1 saturated heterocycles. The molecule has 158 valence electrons. The molecule has 1 fully saturated rings. The number of hydrogen-bond donors (Lipinski definition) is 0. The van der Waals surface area contributed by atoms with E-state index in [1.54, 1.807) is 35.2 Å². The van der Waals surface area contributed by atoms with Crippen LogP contribution in [-0.4, -0.2) is 54.3 Å². The molecule has 0 radical (unpaired) electrons. The van der Waals surface area contributed by atoms with Crippen LogP contribution in [0, 0.1) is 13.8 Å². The third-order valence-electron chi connectivity index (χ3n) is 5.26. The van der Waals surface area contributed by atoms with Crippen LogP contribution in [0.15, 0.2) is 29.3 Å². The molecular weight excluding hydrogens is 418 g/mol. The van der Waals surface area contributed by atoms with E-state index in [1.165, 1.54) is 22.9 Å². The first-order chi connectivity index (χ1) is 14.5. The van der Waals surface area contributed by atoms with Crippen molar-refractivity contribution in [2.24, 2.45) is 0 Å². The minimum Gasteiger partial charge on any atom is -0.465 e. The number of rotatable bonds is 6. The Bertz CT molecular complexity index is 1040. The number of ether oxygens (including phenoxy) is 2. The largest absolute Gasteiger partial charge is 0.465 e. The molecule has 0 amide bonds. The summed E-state index contributed by atoms with van der Waals surface area (Å²) in [7, 11) is 1.39. The van der Waals surface area contributed by atoms with Gasteiger partial charge < -0.3 is 9.47 Å². The van der Waals surface area contributed by atoms with Gasteiger partial charge in [0.1, 0.15) is 15.7 Å². The molecule has 4 rings (SSSR count). The molecule has 30 heavy (non-hydrogen) atoms. The Morgan fingerprint density at radius 3 is 2.63 bits per heavy atom. The van der Waals surface area contributed by atoms with Gasteiger partial charge in [0, 0.05) is 29.1 Å². The maximum Gasteiger partial charge on any atom is 0.337 e. The monoisotopic (exact) mass is 443 g/mol. The van der Waals surface area contributed by atoms with E-state index >= 15 is 0 Å². The predicted molar refractivity (Wildman–Crippen MR) is 120 cm³/mol. The molecule has 0 atom stereocenters. The standard InChI is InChI=1S/C22H25N3O3S2/c1-14-15(2)30-21-19(14)20(23-18(24-21)12-25-8-10-28-11-9-25)29-13-16-4-6-17(7-5-16)22(26)27-3/h4-7H,8-13H2,1-3H3. The highest BCUT2D eigenvalue weighted by molar-refractivity contribution is 7.98.